The van der Waals surface area contributed by atoms with Gasteiger partial charge in [-0.3, -0.25) is 4.90 Å². The summed E-state index contributed by atoms with van der Waals surface area (Å²) in [6.07, 6.45) is 2.42. The zero-order valence-electron chi connectivity index (χ0n) is 10.7. The van der Waals surface area contributed by atoms with E-state index < -0.39 is 0 Å². The van der Waals surface area contributed by atoms with Crippen LogP contribution in [0.2, 0.25) is 0 Å². The Morgan fingerprint density at radius 3 is 3.06 bits per heavy atom. The lowest BCUT2D eigenvalue weighted by atomic mass is 10.2. The molecule has 1 heterocycles. The summed E-state index contributed by atoms with van der Waals surface area (Å²) in [6, 6.07) is 0. The smallest absolute Gasteiger partial charge is 0.0935 e. The average molecular weight is 227 g/mol. The van der Waals surface area contributed by atoms with Crippen molar-refractivity contribution in [2.75, 3.05) is 39.5 Å². The minimum atomic E-state index is 0.255. The van der Waals surface area contributed by atoms with Gasteiger partial charge in [0.2, 0.25) is 0 Å². The van der Waals surface area contributed by atoms with Crippen molar-refractivity contribution in [2.24, 2.45) is 0 Å². The highest BCUT2D eigenvalue weighted by Gasteiger charge is 2.19. The van der Waals surface area contributed by atoms with Gasteiger partial charge in [0, 0.05) is 13.1 Å². The van der Waals surface area contributed by atoms with Gasteiger partial charge in [0.05, 0.1) is 25.9 Å². The van der Waals surface area contributed by atoms with Gasteiger partial charge in [-0.05, 0) is 26.3 Å². The summed E-state index contributed by atoms with van der Waals surface area (Å²) < 4.78 is 11.3. The predicted molar refractivity (Wildman–Crippen MR) is 66.7 cm³/mol. The maximum atomic E-state index is 5.67. The van der Waals surface area contributed by atoms with E-state index >= 15 is 0 Å². The van der Waals surface area contributed by atoms with E-state index in [4.69, 9.17) is 9.47 Å². The third-order valence-electron chi connectivity index (χ3n) is 2.74. The van der Waals surface area contributed by atoms with E-state index in [1.54, 1.807) is 0 Å². The summed E-state index contributed by atoms with van der Waals surface area (Å²) >= 11 is 0. The van der Waals surface area contributed by atoms with Crippen molar-refractivity contribution in [3.8, 4) is 0 Å². The van der Waals surface area contributed by atoms with Crippen molar-refractivity contribution >= 4 is 0 Å². The lowest BCUT2D eigenvalue weighted by molar-refractivity contribution is -0.0685. The van der Waals surface area contributed by atoms with Gasteiger partial charge >= 0.3 is 0 Å². The van der Waals surface area contributed by atoms with Gasteiger partial charge in [0.25, 0.3) is 0 Å². The minimum absolute atomic E-state index is 0.255. The molecule has 0 aromatic heterocycles. The van der Waals surface area contributed by atoms with Crippen molar-refractivity contribution in [1.29, 1.82) is 0 Å². The van der Waals surface area contributed by atoms with Crippen LogP contribution in [0.15, 0.2) is 12.2 Å². The Bertz CT molecular complexity index is 204. The Labute approximate surface area is 99.4 Å². The van der Waals surface area contributed by atoms with Gasteiger partial charge < -0.3 is 9.47 Å². The summed E-state index contributed by atoms with van der Waals surface area (Å²) in [6.45, 7) is 13.7. The van der Waals surface area contributed by atoms with Crippen LogP contribution in [-0.2, 0) is 9.47 Å². The second-order valence-corrected chi connectivity index (χ2v) is 4.58. The molecule has 1 atom stereocenters. The van der Waals surface area contributed by atoms with Gasteiger partial charge in [-0.2, -0.15) is 0 Å². The molecule has 0 aromatic carbocycles. The van der Waals surface area contributed by atoms with Gasteiger partial charge in [-0.25, -0.2) is 0 Å². The normalized spacial score (nSPS) is 22.2. The summed E-state index contributed by atoms with van der Waals surface area (Å²) in [5.41, 5.74) is 1.18. The van der Waals surface area contributed by atoms with Crippen molar-refractivity contribution in [3.05, 3.63) is 12.2 Å². The molecule has 94 valence electrons. The first-order valence-electron chi connectivity index (χ1n) is 6.28. The van der Waals surface area contributed by atoms with Crippen LogP contribution in [0.25, 0.3) is 0 Å². The van der Waals surface area contributed by atoms with Crippen molar-refractivity contribution in [1.82, 2.24) is 4.90 Å². The first-order valence-corrected chi connectivity index (χ1v) is 6.28. The molecule has 0 N–H and O–H groups in total. The predicted octanol–water partition coefficient (Wildman–Crippen LogP) is 2.08. The lowest BCUT2D eigenvalue weighted by Gasteiger charge is -2.32. The highest BCUT2D eigenvalue weighted by atomic mass is 16.5. The van der Waals surface area contributed by atoms with E-state index in [0.29, 0.717) is 6.61 Å². The van der Waals surface area contributed by atoms with Crippen LogP contribution >= 0.6 is 0 Å². The van der Waals surface area contributed by atoms with Crippen LogP contribution < -0.4 is 0 Å². The Morgan fingerprint density at radius 2 is 2.38 bits per heavy atom. The van der Waals surface area contributed by atoms with Gasteiger partial charge in [0.15, 0.2) is 0 Å². The molecule has 1 rings (SSSR count). The van der Waals surface area contributed by atoms with E-state index in [9.17, 15) is 0 Å². The summed E-state index contributed by atoms with van der Waals surface area (Å²) in [4.78, 5) is 2.45. The zero-order chi connectivity index (χ0) is 11.8. The standard InChI is InChI=1S/C13H25NO2/c1-4-6-14-7-9-16-13(10-14)11-15-8-5-12(2)3/h13H,2,4-11H2,1,3H3/t13-/m0/s1. The highest BCUT2D eigenvalue weighted by Crippen LogP contribution is 2.06. The summed E-state index contributed by atoms with van der Waals surface area (Å²) in [5.74, 6) is 0. The quantitative estimate of drug-likeness (QED) is 0.491. The van der Waals surface area contributed by atoms with E-state index in [1.165, 1.54) is 18.5 Å². The molecule has 16 heavy (non-hydrogen) atoms. The number of morpholine rings is 1. The molecule has 0 amide bonds. The van der Waals surface area contributed by atoms with Crippen molar-refractivity contribution in [2.45, 2.75) is 32.8 Å². The Kier molecular flexibility index (Phi) is 6.69. The first kappa shape index (κ1) is 13.7. The molecule has 3 nitrogen and oxygen atoms in total. The van der Waals surface area contributed by atoms with Crippen LogP contribution in [0.4, 0.5) is 0 Å². The minimum Gasteiger partial charge on any atom is -0.378 e. The number of rotatable bonds is 7. The largest absolute Gasteiger partial charge is 0.378 e. The lowest BCUT2D eigenvalue weighted by Crippen LogP contribution is -2.44. The van der Waals surface area contributed by atoms with Gasteiger partial charge in [-0.1, -0.05) is 12.5 Å². The molecule has 0 saturated carbocycles. The molecule has 1 aliphatic rings. The van der Waals surface area contributed by atoms with Crippen LogP contribution in [0.1, 0.15) is 26.7 Å². The number of ether oxygens (including phenoxy) is 2. The molecule has 0 aliphatic carbocycles. The molecule has 1 saturated heterocycles. The SMILES string of the molecule is C=C(C)CCOC[C@@H]1CN(CCC)CCO1. The average Bonchev–Trinajstić information content (AvgIpc) is 2.25. The molecule has 0 bridgehead atoms. The topological polar surface area (TPSA) is 21.7 Å². The molecule has 0 unspecified atom stereocenters. The Hall–Kier alpha value is -0.380. The highest BCUT2D eigenvalue weighted by molar-refractivity contribution is 4.87. The summed E-state index contributed by atoms with van der Waals surface area (Å²) in [5, 5.41) is 0. The molecule has 1 aliphatic heterocycles. The van der Waals surface area contributed by atoms with E-state index in [0.717, 1.165) is 32.7 Å². The fourth-order valence-corrected chi connectivity index (χ4v) is 1.86. The molecular formula is C13H25NO2. The zero-order valence-corrected chi connectivity index (χ0v) is 10.7. The molecule has 0 aromatic rings. The van der Waals surface area contributed by atoms with Crippen LogP contribution in [0.3, 0.4) is 0 Å². The van der Waals surface area contributed by atoms with E-state index in [-0.39, 0.29) is 6.10 Å². The molecule has 0 radical (unpaired) electrons. The Morgan fingerprint density at radius 1 is 1.56 bits per heavy atom. The Balaban J connectivity index is 2.09. The van der Waals surface area contributed by atoms with Crippen molar-refractivity contribution in [3.63, 3.8) is 0 Å². The molecular weight excluding hydrogens is 202 g/mol. The maximum absolute atomic E-state index is 5.67. The van der Waals surface area contributed by atoms with Gasteiger partial charge in [0.1, 0.15) is 0 Å². The van der Waals surface area contributed by atoms with E-state index in [2.05, 4.69) is 18.4 Å². The molecule has 0 spiro atoms. The van der Waals surface area contributed by atoms with E-state index in [1.807, 2.05) is 6.92 Å². The monoisotopic (exact) mass is 227 g/mol. The number of nitrogens with zero attached hydrogens (tertiary/aromatic N) is 1. The summed E-state index contributed by atoms with van der Waals surface area (Å²) in [7, 11) is 0. The third kappa shape index (κ3) is 5.64. The van der Waals surface area contributed by atoms with Gasteiger partial charge in [-0.15, -0.1) is 6.58 Å². The third-order valence-corrected chi connectivity index (χ3v) is 2.74. The second-order valence-electron chi connectivity index (χ2n) is 4.58. The fraction of sp³-hybridized carbons (Fsp3) is 0.846. The molecule has 3 heteroatoms. The molecule has 1 fully saturated rings. The number of hydrogen-bond acceptors (Lipinski definition) is 3. The second kappa shape index (κ2) is 7.82. The van der Waals surface area contributed by atoms with Crippen LogP contribution in [0, 0.1) is 0 Å². The van der Waals surface area contributed by atoms with Crippen LogP contribution in [0.5, 0.6) is 0 Å². The fourth-order valence-electron chi connectivity index (χ4n) is 1.86. The first-order chi connectivity index (χ1) is 7.72. The van der Waals surface area contributed by atoms with Crippen LogP contribution in [-0.4, -0.2) is 50.5 Å². The van der Waals surface area contributed by atoms with Crippen molar-refractivity contribution < 1.29 is 9.47 Å². The maximum Gasteiger partial charge on any atom is 0.0935 e. The number of hydrogen-bond donors (Lipinski definition) is 0.